The summed E-state index contributed by atoms with van der Waals surface area (Å²) in [5, 5.41) is 0. The van der Waals surface area contributed by atoms with Crippen molar-refractivity contribution in [3.05, 3.63) is 0 Å². The standard InChI is InChI=1S/C3H7FNO2P/c1-2(4)3(5)8(6)7/h2-3H,5H2,1H3/p+1. The topological polar surface area (TPSA) is 63.3 Å². The van der Waals surface area contributed by atoms with E-state index in [9.17, 15) is 8.96 Å². The predicted octanol–water partition coefficient (Wildman–Crippen LogP) is 0.364. The summed E-state index contributed by atoms with van der Waals surface area (Å²) in [6.07, 6.45) is -1.41. The summed E-state index contributed by atoms with van der Waals surface area (Å²) in [7, 11) is -2.55. The summed E-state index contributed by atoms with van der Waals surface area (Å²) in [4.78, 5) is 8.14. The second-order valence-corrected chi connectivity index (χ2v) is 2.67. The molecule has 3 nitrogen and oxygen atoms in total. The SMILES string of the molecule is CC(F)C(N)[P+](=O)O. The molecule has 0 spiro atoms. The summed E-state index contributed by atoms with van der Waals surface area (Å²) in [5.74, 6) is -1.23. The summed E-state index contributed by atoms with van der Waals surface area (Å²) in [6.45, 7) is 1.15. The summed E-state index contributed by atoms with van der Waals surface area (Å²) < 4.78 is 21.8. The van der Waals surface area contributed by atoms with E-state index in [1.165, 1.54) is 0 Å². The highest BCUT2D eigenvalue weighted by Crippen LogP contribution is 2.21. The second kappa shape index (κ2) is 3.07. The van der Waals surface area contributed by atoms with Gasteiger partial charge in [0, 0.05) is 0 Å². The second-order valence-electron chi connectivity index (χ2n) is 1.47. The average molecular weight is 140 g/mol. The van der Waals surface area contributed by atoms with Crippen LogP contribution in [-0.4, -0.2) is 16.8 Å². The molecule has 3 N–H and O–H groups in total. The average Bonchev–Trinajstić information content (AvgIpc) is 1.64. The molecule has 0 rings (SSSR count). The van der Waals surface area contributed by atoms with E-state index in [0.29, 0.717) is 0 Å². The molecule has 0 aliphatic rings. The Bertz CT molecular complexity index is 97.3. The number of hydrogen-bond acceptors (Lipinski definition) is 2. The molecule has 3 unspecified atom stereocenters. The van der Waals surface area contributed by atoms with Crippen molar-refractivity contribution in [2.45, 2.75) is 18.9 Å². The van der Waals surface area contributed by atoms with Gasteiger partial charge in [-0.05, 0) is 11.5 Å². The molecular formula is C3H8FNO2P+. The van der Waals surface area contributed by atoms with Gasteiger partial charge in [-0.2, -0.15) is 4.89 Å². The lowest BCUT2D eigenvalue weighted by molar-refractivity contribution is 0.336. The Balaban J connectivity index is 3.64. The highest BCUT2D eigenvalue weighted by atomic mass is 31.1. The number of alkyl halides is 1. The van der Waals surface area contributed by atoms with E-state index in [1.54, 1.807) is 0 Å². The van der Waals surface area contributed by atoms with Crippen LogP contribution in [0.25, 0.3) is 0 Å². The monoisotopic (exact) mass is 140 g/mol. The molecule has 0 amide bonds. The maximum absolute atomic E-state index is 11.9. The first-order valence-electron chi connectivity index (χ1n) is 2.10. The predicted molar refractivity (Wildman–Crippen MR) is 28.4 cm³/mol. The number of rotatable bonds is 2. The van der Waals surface area contributed by atoms with Crippen LogP contribution in [-0.2, 0) is 4.57 Å². The van der Waals surface area contributed by atoms with E-state index in [4.69, 9.17) is 10.6 Å². The molecule has 0 saturated carbocycles. The van der Waals surface area contributed by atoms with Gasteiger partial charge >= 0.3 is 8.03 Å². The van der Waals surface area contributed by atoms with E-state index in [2.05, 4.69) is 0 Å². The molecule has 0 aromatic rings. The number of nitrogens with two attached hydrogens (primary N) is 1. The van der Waals surface area contributed by atoms with Crippen molar-refractivity contribution in [3.8, 4) is 0 Å². The maximum atomic E-state index is 11.9. The molecule has 0 fully saturated rings. The van der Waals surface area contributed by atoms with Crippen LogP contribution in [0.1, 0.15) is 6.92 Å². The largest absolute Gasteiger partial charge is 0.527 e. The van der Waals surface area contributed by atoms with Gasteiger partial charge in [-0.25, -0.2) is 4.39 Å². The zero-order valence-electron chi connectivity index (χ0n) is 4.41. The zero-order chi connectivity index (χ0) is 6.73. The van der Waals surface area contributed by atoms with Crippen LogP contribution in [0.3, 0.4) is 0 Å². The number of halogens is 1. The van der Waals surface area contributed by atoms with Gasteiger partial charge in [-0.1, -0.05) is 0 Å². The Morgan fingerprint density at radius 1 is 1.88 bits per heavy atom. The lowest BCUT2D eigenvalue weighted by atomic mass is 10.4. The van der Waals surface area contributed by atoms with E-state index >= 15 is 0 Å². The minimum absolute atomic E-state index is 1.15. The Kier molecular flexibility index (Phi) is 3.05. The molecule has 0 aliphatic heterocycles. The normalized spacial score (nSPS) is 19.8. The summed E-state index contributed by atoms with van der Waals surface area (Å²) in [5.41, 5.74) is 4.85. The highest BCUT2D eigenvalue weighted by molar-refractivity contribution is 7.38. The van der Waals surface area contributed by atoms with Gasteiger partial charge in [0.15, 0.2) is 6.17 Å². The van der Waals surface area contributed by atoms with Crippen LogP contribution in [0, 0.1) is 0 Å². The first kappa shape index (κ1) is 7.95. The molecule has 48 valence electrons. The molecule has 0 saturated heterocycles. The first-order valence-corrected chi connectivity index (χ1v) is 3.38. The lowest BCUT2D eigenvalue weighted by Crippen LogP contribution is -2.24. The third-order valence-electron chi connectivity index (χ3n) is 0.726. The van der Waals surface area contributed by atoms with Crippen molar-refractivity contribution in [1.29, 1.82) is 0 Å². The van der Waals surface area contributed by atoms with E-state index in [0.717, 1.165) is 6.92 Å². The van der Waals surface area contributed by atoms with Crippen LogP contribution >= 0.6 is 8.03 Å². The quantitative estimate of drug-likeness (QED) is 0.544. The van der Waals surface area contributed by atoms with Crippen molar-refractivity contribution in [3.63, 3.8) is 0 Å². The van der Waals surface area contributed by atoms with E-state index in [1.807, 2.05) is 0 Å². The Hall–Kier alpha value is -0.0500. The fraction of sp³-hybridized carbons (Fsp3) is 1.00. The highest BCUT2D eigenvalue weighted by Gasteiger charge is 2.30. The molecule has 0 aromatic carbocycles. The van der Waals surface area contributed by atoms with Crippen LogP contribution < -0.4 is 5.73 Å². The maximum Gasteiger partial charge on any atom is 0.527 e. The van der Waals surface area contributed by atoms with Gasteiger partial charge in [0.2, 0.25) is 0 Å². The molecule has 0 aromatic heterocycles. The Morgan fingerprint density at radius 2 is 2.25 bits per heavy atom. The molecule has 0 aliphatic carbocycles. The van der Waals surface area contributed by atoms with Crippen LogP contribution in [0.15, 0.2) is 0 Å². The molecular weight excluding hydrogens is 132 g/mol. The molecule has 0 radical (unpaired) electrons. The number of hydrogen-bond donors (Lipinski definition) is 2. The van der Waals surface area contributed by atoms with Gasteiger partial charge in [0.25, 0.3) is 5.78 Å². The van der Waals surface area contributed by atoms with E-state index < -0.39 is 20.0 Å². The van der Waals surface area contributed by atoms with Crippen molar-refractivity contribution in [1.82, 2.24) is 0 Å². The van der Waals surface area contributed by atoms with Crippen molar-refractivity contribution in [2.75, 3.05) is 0 Å². The van der Waals surface area contributed by atoms with Gasteiger partial charge in [0.05, 0.1) is 0 Å². The molecule has 3 atom stereocenters. The fourth-order valence-corrected chi connectivity index (χ4v) is 0.527. The van der Waals surface area contributed by atoms with Gasteiger partial charge in [-0.15, -0.1) is 0 Å². The lowest BCUT2D eigenvalue weighted by Gasteiger charge is -1.94. The Labute approximate surface area is 47.6 Å². The summed E-state index contributed by atoms with van der Waals surface area (Å²) in [6, 6.07) is 0. The molecule has 8 heavy (non-hydrogen) atoms. The van der Waals surface area contributed by atoms with Crippen molar-refractivity contribution in [2.24, 2.45) is 5.73 Å². The Morgan fingerprint density at radius 3 is 2.25 bits per heavy atom. The third-order valence-corrected chi connectivity index (χ3v) is 1.65. The van der Waals surface area contributed by atoms with Crippen molar-refractivity contribution >= 4 is 8.03 Å². The van der Waals surface area contributed by atoms with Gasteiger partial charge in [0.1, 0.15) is 0 Å². The van der Waals surface area contributed by atoms with Gasteiger partial charge in [-0.3, -0.25) is 5.73 Å². The minimum Gasteiger partial charge on any atom is -0.282 e. The fourth-order valence-electron chi connectivity index (χ4n) is 0.176. The first-order chi connectivity index (χ1) is 3.55. The van der Waals surface area contributed by atoms with Crippen LogP contribution in [0.2, 0.25) is 0 Å². The molecule has 5 heteroatoms. The molecule has 0 heterocycles. The van der Waals surface area contributed by atoms with E-state index in [-0.39, 0.29) is 0 Å². The molecule has 0 bridgehead atoms. The van der Waals surface area contributed by atoms with Crippen LogP contribution in [0.4, 0.5) is 4.39 Å². The minimum atomic E-state index is -2.55. The zero-order valence-corrected chi connectivity index (χ0v) is 5.31. The van der Waals surface area contributed by atoms with Crippen molar-refractivity contribution < 1.29 is 13.8 Å². The smallest absolute Gasteiger partial charge is 0.282 e. The van der Waals surface area contributed by atoms with Gasteiger partial charge < -0.3 is 0 Å². The van der Waals surface area contributed by atoms with Crippen LogP contribution in [0.5, 0.6) is 0 Å². The summed E-state index contributed by atoms with van der Waals surface area (Å²) >= 11 is 0. The third kappa shape index (κ3) is 2.31.